The highest BCUT2D eigenvalue weighted by Gasteiger charge is 2.51. The Hall–Kier alpha value is -2.80. The molecule has 7 heteroatoms. The lowest BCUT2D eigenvalue weighted by molar-refractivity contribution is -0.124. The van der Waals surface area contributed by atoms with E-state index in [-0.39, 0.29) is 23.3 Å². The van der Waals surface area contributed by atoms with Gasteiger partial charge in [0, 0.05) is 34.8 Å². The molecule has 2 aromatic carbocycles. The van der Waals surface area contributed by atoms with Gasteiger partial charge < -0.3 is 15.5 Å². The molecule has 0 aliphatic heterocycles. The fraction of sp³-hybridized carbons (Fsp3) is 0.500. The Morgan fingerprint density at radius 2 is 1.49 bits per heavy atom. The SMILES string of the molecule is CCN(CC)C(=O)c1ccc(NC(=O)c2ccccc2SCC(=O)NC23CC4CC(CC(C4)C2)C3)cc1. The van der Waals surface area contributed by atoms with Crippen molar-refractivity contribution in [1.29, 1.82) is 0 Å². The molecule has 0 aromatic heterocycles. The number of carbonyl (C=O) groups is 3. The zero-order valence-corrected chi connectivity index (χ0v) is 22.6. The minimum absolute atomic E-state index is 0.00210. The van der Waals surface area contributed by atoms with Gasteiger partial charge in [0.15, 0.2) is 0 Å². The third kappa shape index (κ3) is 5.71. The first kappa shape index (κ1) is 25.8. The van der Waals surface area contributed by atoms with Gasteiger partial charge in [-0.15, -0.1) is 11.8 Å². The lowest BCUT2D eigenvalue weighted by atomic mass is 9.53. The van der Waals surface area contributed by atoms with Crippen molar-refractivity contribution in [2.75, 3.05) is 24.2 Å². The first-order chi connectivity index (χ1) is 17.9. The second-order valence-corrected chi connectivity index (χ2v) is 12.1. The Kier molecular flexibility index (Phi) is 7.61. The molecule has 0 unspecified atom stereocenters. The van der Waals surface area contributed by atoms with E-state index in [1.54, 1.807) is 35.2 Å². The average molecular weight is 520 g/mol. The normalized spacial score (nSPS) is 25.5. The molecule has 6 rings (SSSR count). The Balaban J connectivity index is 1.18. The van der Waals surface area contributed by atoms with Crippen molar-refractivity contribution < 1.29 is 14.4 Å². The molecule has 4 aliphatic carbocycles. The van der Waals surface area contributed by atoms with Gasteiger partial charge >= 0.3 is 0 Å². The van der Waals surface area contributed by atoms with Crippen LogP contribution in [0.15, 0.2) is 53.4 Å². The molecule has 6 nitrogen and oxygen atoms in total. The summed E-state index contributed by atoms with van der Waals surface area (Å²) in [7, 11) is 0. The van der Waals surface area contributed by atoms with E-state index in [0.717, 1.165) is 41.9 Å². The van der Waals surface area contributed by atoms with Gasteiger partial charge in [0.05, 0.1) is 11.3 Å². The first-order valence-electron chi connectivity index (χ1n) is 13.6. The summed E-state index contributed by atoms with van der Waals surface area (Å²) in [4.78, 5) is 41.2. The third-order valence-corrected chi connectivity index (χ3v) is 9.45. The van der Waals surface area contributed by atoms with Crippen molar-refractivity contribution in [1.82, 2.24) is 10.2 Å². The van der Waals surface area contributed by atoms with Crippen molar-refractivity contribution in [3.8, 4) is 0 Å². The van der Waals surface area contributed by atoms with Crippen LogP contribution in [0.2, 0.25) is 0 Å². The van der Waals surface area contributed by atoms with Crippen LogP contribution in [0.25, 0.3) is 0 Å². The van der Waals surface area contributed by atoms with Gasteiger partial charge in [0.25, 0.3) is 11.8 Å². The number of amides is 3. The summed E-state index contributed by atoms with van der Waals surface area (Å²) in [5.41, 5.74) is 1.77. The highest BCUT2D eigenvalue weighted by molar-refractivity contribution is 8.00. The van der Waals surface area contributed by atoms with E-state index in [9.17, 15) is 14.4 Å². The molecule has 0 radical (unpaired) electrons. The van der Waals surface area contributed by atoms with E-state index < -0.39 is 0 Å². The molecule has 196 valence electrons. The standard InChI is InChI=1S/C30H37N3O3S/c1-3-33(4-2)29(36)23-9-11-24(12-10-23)31-28(35)25-7-5-6-8-26(25)37-19-27(34)32-30-16-20-13-21(17-30)15-22(14-20)18-30/h5-12,20-22H,3-4,13-19H2,1-2H3,(H,31,35)(H,32,34). The molecule has 3 amide bonds. The molecule has 0 spiro atoms. The van der Waals surface area contributed by atoms with Gasteiger partial charge in [0.1, 0.15) is 0 Å². The predicted molar refractivity (Wildman–Crippen MR) is 148 cm³/mol. The Morgan fingerprint density at radius 3 is 2.08 bits per heavy atom. The summed E-state index contributed by atoms with van der Waals surface area (Å²) in [6.45, 7) is 5.22. The lowest BCUT2D eigenvalue weighted by Gasteiger charge is -2.56. The van der Waals surface area contributed by atoms with Crippen molar-refractivity contribution in [3.63, 3.8) is 0 Å². The molecular formula is C30H37N3O3S. The maximum absolute atomic E-state index is 13.1. The van der Waals surface area contributed by atoms with Crippen LogP contribution >= 0.6 is 11.8 Å². The van der Waals surface area contributed by atoms with Crippen molar-refractivity contribution in [2.45, 2.75) is 62.8 Å². The minimum Gasteiger partial charge on any atom is -0.350 e. The van der Waals surface area contributed by atoms with E-state index in [2.05, 4.69) is 10.6 Å². The van der Waals surface area contributed by atoms with Crippen LogP contribution in [0.1, 0.15) is 73.1 Å². The fourth-order valence-electron chi connectivity index (χ4n) is 7.11. The van der Waals surface area contributed by atoms with Gasteiger partial charge in [-0.3, -0.25) is 14.4 Å². The number of nitrogens with one attached hydrogen (secondary N) is 2. The molecule has 4 aliphatic rings. The molecule has 2 N–H and O–H groups in total. The first-order valence-corrected chi connectivity index (χ1v) is 14.6. The molecule has 0 atom stereocenters. The van der Waals surface area contributed by atoms with Gasteiger partial charge in [-0.2, -0.15) is 0 Å². The largest absolute Gasteiger partial charge is 0.350 e. The van der Waals surface area contributed by atoms with Crippen LogP contribution in [0.5, 0.6) is 0 Å². The molecule has 0 heterocycles. The minimum atomic E-state index is -0.229. The molecule has 4 saturated carbocycles. The number of thioether (sulfide) groups is 1. The third-order valence-electron chi connectivity index (χ3n) is 8.37. The van der Waals surface area contributed by atoms with E-state index in [1.165, 1.54) is 31.0 Å². The number of carbonyl (C=O) groups excluding carboxylic acids is 3. The van der Waals surface area contributed by atoms with Crippen molar-refractivity contribution in [2.24, 2.45) is 17.8 Å². The Bertz CT molecular complexity index is 1120. The van der Waals surface area contributed by atoms with Crippen molar-refractivity contribution >= 4 is 35.2 Å². The van der Waals surface area contributed by atoms with Crippen LogP contribution in [-0.4, -0.2) is 47.0 Å². The number of hydrogen-bond donors (Lipinski definition) is 2. The number of benzene rings is 2. The van der Waals surface area contributed by atoms with Crippen LogP contribution in [0.4, 0.5) is 5.69 Å². The molecule has 4 fully saturated rings. The predicted octanol–water partition coefficient (Wildman–Crippen LogP) is 5.60. The van der Waals surface area contributed by atoms with Crippen LogP contribution in [0.3, 0.4) is 0 Å². The summed E-state index contributed by atoms with van der Waals surface area (Å²) in [6.07, 6.45) is 7.44. The highest BCUT2D eigenvalue weighted by atomic mass is 32.2. The fourth-order valence-corrected chi connectivity index (χ4v) is 7.96. The van der Waals surface area contributed by atoms with Gasteiger partial charge in [-0.25, -0.2) is 0 Å². The zero-order chi connectivity index (χ0) is 26.0. The summed E-state index contributed by atoms with van der Waals surface area (Å²) in [5, 5.41) is 6.36. The number of anilines is 1. The Labute approximate surface area is 224 Å². The molecular weight excluding hydrogens is 482 g/mol. The van der Waals surface area contributed by atoms with E-state index in [1.807, 2.05) is 32.0 Å². The topological polar surface area (TPSA) is 78.5 Å². The number of rotatable bonds is 9. The second-order valence-electron chi connectivity index (χ2n) is 11.0. The maximum Gasteiger partial charge on any atom is 0.256 e. The van der Waals surface area contributed by atoms with E-state index in [4.69, 9.17) is 0 Å². The molecule has 2 aromatic rings. The molecule has 4 bridgehead atoms. The highest BCUT2D eigenvalue weighted by Crippen LogP contribution is 2.55. The number of nitrogens with zero attached hydrogens (tertiary/aromatic N) is 1. The van der Waals surface area contributed by atoms with E-state index in [0.29, 0.717) is 35.7 Å². The average Bonchev–Trinajstić information content (AvgIpc) is 2.87. The maximum atomic E-state index is 13.1. The monoisotopic (exact) mass is 519 g/mol. The molecule has 0 saturated heterocycles. The summed E-state index contributed by atoms with van der Waals surface area (Å²) in [6, 6.07) is 14.4. The zero-order valence-electron chi connectivity index (χ0n) is 21.8. The lowest BCUT2D eigenvalue weighted by Crippen LogP contribution is -2.60. The Morgan fingerprint density at radius 1 is 0.892 bits per heavy atom. The quantitative estimate of drug-likeness (QED) is 0.423. The summed E-state index contributed by atoms with van der Waals surface area (Å²) >= 11 is 1.41. The molecule has 37 heavy (non-hydrogen) atoms. The van der Waals surface area contributed by atoms with Crippen molar-refractivity contribution in [3.05, 3.63) is 59.7 Å². The summed E-state index contributed by atoms with van der Waals surface area (Å²) in [5.74, 6) is 2.47. The second kappa shape index (κ2) is 10.9. The van der Waals surface area contributed by atoms with Gasteiger partial charge in [-0.05, 0) is 107 Å². The van der Waals surface area contributed by atoms with Gasteiger partial charge in [0.2, 0.25) is 5.91 Å². The summed E-state index contributed by atoms with van der Waals surface area (Å²) < 4.78 is 0. The van der Waals surface area contributed by atoms with Crippen LogP contribution < -0.4 is 10.6 Å². The smallest absolute Gasteiger partial charge is 0.256 e. The van der Waals surface area contributed by atoms with Crippen LogP contribution in [0, 0.1) is 17.8 Å². The van der Waals surface area contributed by atoms with Crippen LogP contribution in [-0.2, 0) is 4.79 Å². The van der Waals surface area contributed by atoms with E-state index >= 15 is 0 Å². The number of hydrogen-bond acceptors (Lipinski definition) is 4. The van der Waals surface area contributed by atoms with Gasteiger partial charge in [-0.1, -0.05) is 12.1 Å².